The predicted molar refractivity (Wildman–Crippen MR) is 63.9 cm³/mol. The lowest BCUT2D eigenvalue weighted by atomic mass is 9.88. The van der Waals surface area contributed by atoms with Gasteiger partial charge in [0.25, 0.3) is 0 Å². The molecule has 0 unspecified atom stereocenters. The first-order chi connectivity index (χ1) is 6.87. The highest BCUT2D eigenvalue weighted by atomic mass is 16.5. The van der Waals surface area contributed by atoms with Crippen LogP contribution in [0.25, 0.3) is 0 Å². The maximum Gasteiger partial charge on any atom is 0.0645 e. The van der Waals surface area contributed by atoms with E-state index in [0.717, 1.165) is 39.3 Å². The van der Waals surface area contributed by atoms with Gasteiger partial charge < -0.3 is 10.5 Å². The summed E-state index contributed by atoms with van der Waals surface area (Å²) in [5.41, 5.74) is 6.19. The molecule has 3 nitrogen and oxygen atoms in total. The summed E-state index contributed by atoms with van der Waals surface area (Å²) in [4.78, 5) is 2.52. The smallest absolute Gasteiger partial charge is 0.0645 e. The number of hydrogen-bond acceptors (Lipinski definition) is 3. The molecule has 3 heteroatoms. The van der Waals surface area contributed by atoms with Crippen LogP contribution in [0.3, 0.4) is 0 Å². The molecule has 0 aromatic rings. The molecule has 0 radical (unpaired) electrons. The number of hydrogen-bond donors (Lipinski definition) is 1. The lowest BCUT2D eigenvalue weighted by Crippen LogP contribution is -2.53. The highest BCUT2D eigenvalue weighted by Crippen LogP contribution is 2.24. The fraction of sp³-hybridized carbons (Fsp3) is 1.00. The van der Waals surface area contributed by atoms with Crippen LogP contribution >= 0.6 is 0 Å². The van der Waals surface area contributed by atoms with Crippen LogP contribution in [0.5, 0.6) is 0 Å². The minimum absolute atomic E-state index is 0.183. The van der Waals surface area contributed by atoms with E-state index in [0.29, 0.717) is 0 Å². The molecule has 15 heavy (non-hydrogen) atoms. The summed E-state index contributed by atoms with van der Waals surface area (Å²) in [6, 6.07) is 0. The van der Waals surface area contributed by atoms with Gasteiger partial charge in [0.2, 0.25) is 0 Å². The average Bonchev–Trinajstić information content (AvgIpc) is 2.16. The van der Waals surface area contributed by atoms with Gasteiger partial charge in [-0.15, -0.1) is 0 Å². The zero-order valence-corrected chi connectivity index (χ0v) is 10.7. The summed E-state index contributed by atoms with van der Waals surface area (Å²) in [5.74, 6) is 0. The quantitative estimate of drug-likeness (QED) is 0.770. The molecule has 0 aliphatic carbocycles. The normalized spacial score (nSPS) is 23.0. The van der Waals surface area contributed by atoms with E-state index in [2.05, 4.69) is 32.6 Å². The molecule has 1 aliphatic rings. The van der Waals surface area contributed by atoms with Crippen molar-refractivity contribution in [2.45, 2.75) is 39.7 Å². The fourth-order valence-corrected chi connectivity index (χ4v) is 1.84. The van der Waals surface area contributed by atoms with Crippen molar-refractivity contribution in [3.05, 3.63) is 0 Å². The van der Waals surface area contributed by atoms with Crippen molar-refractivity contribution < 1.29 is 4.74 Å². The lowest BCUT2D eigenvalue weighted by molar-refractivity contribution is -0.0543. The van der Waals surface area contributed by atoms with E-state index in [4.69, 9.17) is 10.5 Å². The zero-order valence-electron chi connectivity index (χ0n) is 10.7. The molecular weight excluding hydrogens is 188 g/mol. The Labute approximate surface area is 94.0 Å². The zero-order chi connectivity index (χ0) is 11.5. The molecule has 1 fully saturated rings. The number of rotatable bonds is 4. The second-order valence-electron chi connectivity index (χ2n) is 5.97. The molecule has 1 saturated heterocycles. The molecule has 1 aliphatic heterocycles. The standard InChI is InChI=1S/C12H26N2O/c1-11(2,9-13)5-6-14-7-8-15-10-12(14,3)4/h5-10,13H2,1-4H3. The van der Waals surface area contributed by atoms with Crippen molar-refractivity contribution in [1.82, 2.24) is 4.90 Å². The van der Waals surface area contributed by atoms with Crippen molar-refractivity contribution >= 4 is 0 Å². The largest absolute Gasteiger partial charge is 0.378 e. The van der Waals surface area contributed by atoms with Gasteiger partial charge in [-0.05, 0) is 38.8 Å². The van der Waals surface area contributed by atoms with E-state index in [1.165, 1.54) is 0 Å². The third-order valence-corrected chi connectivity index (χ3v) is 3.43. The Kier molecular flexibility index (Phi) is 4.15. The van der Waals surface area contributed by atoms with Crippen LogP contribution in [0.15, 0.2) is 0 Å². The van der Waals surface area contributed by atoms with Gasteiger partial charge in [0.15, 0.2) is 0 Å². The van der Waals surface area contributed by atoms with Crippen molar-refractivity contribution in [3.8, 4) is 0 Å². The second kappa shape index (κ2) is 4.81. The highest BCUT2D eigenvalue weighted by molar-refractivity contribution is 4.85. The molecule has 0 saturated carbocycles. The van der Waals surface area contributed by atoms with Gasteiger partial charge in [0, 0.05) is 12.1 Å². The predicted octanol–water partition coefficient (Wildman–Crippen LogP) is 1.47. The van der Waals surface area contributed by atoms with Gasteiger partial charge in [-0.1, -0.05) is 13.8 Å². The van der Waals surface area contributed by atoms with E-state index in [1.54, 1.807) is 0 Å². The number of nitrogens with two attached hydrogens (primary N) is 1. The first-order valence-corrected chi connectivity index (χ1v) is 5.90. The van der Waals surface area contributed by atoms with Crippen molar-refractivity contribution in [2.24, 2.45) is 11.1 Å². The summed E-state index contributed by atoms with van der Waals surface area (Å²) in [7, 11) is 0. The van der Waals surface area contributed by atoms with Gasteiger partial charge >= 0.3 is 0 Å². The van der Waals surface area contributed by atoms with Crippen LogP contribution in [0.2, 0.25) is 0 Å². The summed E-state index contributed by atoms with van der Waals surface area (Å²) in [5, 5.41) is 0. The summed E-state index contributed by atoms with van der Waals surface area (Å²) in [6.45, 7) is 13.6. The van der Waals surface area contributed by atoms with Gasteiger partial charge in [0.05, 0.1) is 13.2 Å². The van der Waals surface area contributed by atoms with Crippen LogP contribution < -0.4 is 5.73 Å². The molecule has 1 rings (SSSR count). The maximum absolute atomic E-state index is 5.75. The van der Waals surface area contributed by atoms with Crippen molar-refractivity contribution in [2.75, 3.05) is 32.8 Å². The molecule has 0 atom stereocenters. The molecule has 1 heterocycles. The maximum atomic E-state index is 5.75. The highest BCUT2D eigenvalue weighted by Gasteiger charge is 2.31. The number of nitrogens with zero attached hydrogens (tertiary/aromatic N) is 1. The van der Waals surface area contributed by atoms with Crippen LogP contribution in [0.4, 0.5) is 0 Å². The average molecular weight is 214 g/mol. The minimum atomic E-state index is 0.183. The van der Waals surface area contributed by atoms with E-state index in [9.17, 15) is 0 Å². The number of morpholine rings is 1. The molecule has 0 bridgehead atoms. The summed E-state index contributed by atoms with van der Waals surface area (Å²) in [6.07, 6.45) is 1.16. The van der Waals surface area contributed by atoms with Gasteiger partial charge in [-0.2, -0.15) is 0 Å². The Bertz CT molecular complexity index is 202. The Morgan fingerprint density at radius 1 is 1.40 bits per heavy atom. The van der Waals surface area contributed by atoms with Crippen LogP contribution in [0.1, 0.15) is 34.1 Å². The second-order valence-corrected chi connectivity index (χ2v) is 5.97. The van der Waals surface area contributed by atoms with E-state index in [-0.39, 0.29) is 11.0 Å². The molecule has 0 aromatic heterocycles. The third-order valence-electron chi connectivity index (χ3n) is 3.43. The molecule has 0 amide bonds. The lowest BCUT2D eigenvalue weighted by Gasteiger charge is -2.43. The van der Waals surface area contributed by atoms with Crippen molar-refractivity contribution in [1.29, 1.82) is 0 Å². The SMILES string of the molecule is CC(C)(CN)CCN1CCOCC1(C)C. The molecule has 90 valence electrons. The Balaban J connectivity index is 2.43. The topological polar surface area (TPSA) is 38.5 Å². The Morgan fingerprint density at radius 3 is 2.60 bits per heavy atom. The van der Waals surface area contributed by atoms with Crippen LogP contribution in [0, 0.1) is 5.41 Å². The van der Waals surface area contributed by atoms with E-state index >= 15 is 0 Å². The van der Waals surface area contributed by atoms with Crippen LogP contribution in [-0.2, 0) is 4.74 Å². The van der Waals surface area contributed by atoms with Gasteiger partial charge in [-0.3, -0.25) is 4.90 Å². The molecular formula is C12H26N2O. The number of ether oxygens (including phenoxy) is 1. The van der Waals surface area contributed by atoms with Gasteiger partial charge in [0.1, 0.15) is 0 Å². The van der Waals surface area contributed by atoms with Crippen molar-refractivity contribution in [3.63, 3.8) is 0 Å². The molecule has 0 aromatic carbocycles. The third kappa shape index (κ3) is 3.74. The summed E-state index contributed by atoms with van der Waals surface area (Å²) >= 11 is 0. The molecule has 2 N–H and O–H groups in total. The summed E-state index contributed by atoms with van der Waals surface area (Å²) < 4.78 is 5.51. The Hall–Kier alpha value is -0.120. The molecule has 0 spiro atoms. The monoisotopic (exact) mass is 214 g/mol. The van der Waals surface area contributed by atoms with Gasteiger partial charge in [-0.25, -0.2) is 0 Å². The fourth-order valence-electron chi connectivity index (χ4n) is 1.84. The Morgan fingerprint density at radius 2 is 2.07 bits per heavy atom. The minimum Gasteiger partial charge on any atom is -0.378 e. The first-order valence-electron chi connectivity index (χ1n) is 5.90. The van der Waals surface area contributed by atoms with E-state index in [1.807, 2.05) is 0 Å². The van der Waals surface area contributed by atoms with E-state index < -0.39 is 0 Å². The first kappa shape index (κ1) is 12.9. The van der Waals surface area contributed by atoms with Crippen LogP contribution in [-0.4, -0.2) is 43.3 Å².